The van der Waals surface area contributed by atoms with Gasteiger partial charge in [-0.05, 0) is 56.5 Å². The van der Waals surface area contributed by atoms with E-state index in [1.165, 1.54) is 48.3 Å². The first kappa shape index (κ1) is 24.9. The molecule has 0 spiro atoms. The Bertz CT molecular complexity index is 1320. The lowest BCUT2D eigenvalue weighted by atomic mass is 9.96. The third kappa shape index (κ3) is 4.33. The summed E-state index contributed by atoms with van der Waals surface area (Å²) in [4.78, 5) is 66.1. The monoisotopic (exact) mass is 508 g/mol. The summed E-state index contributed by atoms with van der Waals surface area (Å²) in [6.45, 7) is 10.4. The molecule has 4 rings (SSSR count). The van der Waals surface area contributed by atoms with Crippen LogP contribution in [0.2, 0.25) is 32.2 Å². The molecule has 2 aliphatic rings. The Labute approximate surface area is 206 Å². The van der Waals surface area contributed by atoms with Gasteiger partial charge in [-0.1, -0.05) is 19.1 Å². The summed E-state index contributed by atoms with van der Waals surface area (Å²) < 4.78 is 6.43. The Morgan fingerprint density at radius 1 is 0.743 bits per heavy atom. The molecule has 0 bridgehead atoms. The van der Waals surface area contributed by atoms with Crippen molar-refractivity contribution in [1.29, 1.82) is 0 Å². The van der Waals surface area contributed by atoms with Crippen LogP contribution in [0.25, 0.3) is 0 Å². The van der Waals surface area contributed by atoms with Crippen molar-refractivity contribution < 1.29 is 28.1 Å². The largest absolute Gasteiger partial charge is 0.454 e. The third-order valence-corrected chi connectivity index (χ3v) is 13.7. The van der Waals surface area contributed by atoms with Gasteiger partial charge in [-0.2, -0.15) is 0 Å². The molecule has 0 saturated carbocycles. The molecule has 8 nitrogen and oxygen atoms in total. The first-order chi connectivity index (χ1) is 16.3. The molecule has 2 heterocycles. The summed E-state index contributed by atoms with van der Waals surface area (Å²) in [7, 11) is -2.83. The third-order valence-electron chi connectivity index (χ3n) is 6.53. The van der Waals surface area contributed by atoms with E-state index in [0.717, 1.165) is 10.9 Å². The number of amides is 4. The van der Waals surface area contributed by atoms with E-state index in [0.29, 0.717) is 0 Å². The summed E-state index contributed by atoms with van der Waals surface area (Å²) in [5.74, 6) is -2.10. The molecule has 0 radical (unpaired) electrons. The number of carbonyl (C=O) groups excluding carboxylic acids is 5. The molecule has 4 amide bonds. The van der Waals surface area contributed by atoms with Crippen LogP contribution in [0.3, 0.4) is 0 Å². The van der Waals surface area contributed by atoms with E-state index < -0.39 is 40.1 Å². The van der Waals surface area contributed by atoms with Crippen LogP contribution in [0.5, 0.6) is 0 Å². The lowest BCUT2D eigenvalue weighted by molar-refractivity contribution is 0.0665. The van der Waals surface area contributed by atoms with Gasteiger partial charge in [0.1, 0.15) is 0 Å². The minimum Gasteiger partial charge on any atom is -0.454 e. The van der Waals surface area contributed by atoms with Gasteiger partial charge in [-0.25, -0.2) is 0 Å². The molecule has 0 N–H and O–H groups in total. The smallest absolute Gasteiger partial charge is 0.261 e. The molecule has 2 aromatic carbocycles. The maximum atomic E-state index is 13.2. The molecular weight excluding hydrogens is 480 g/mol. The summed E-state index contributed by atoms with van der Waals surface area (Å²) in [6.07, 6.45) is 0.244. The molecule has 0 saturated heterocycles. The molecule has 10 heteroatoms. The van der Waals surface area contributed by atoms with Gasteiger partial charge in [0, 0.05) is 24.3 Å². The Morgan fingerprint density at radius 2 is 1.20 bits per heavy atom. The Hall–Kier alpha value is -3.22. The highest BCUT2D eigenvalue weighted by Gasteiger charge is 2.42. The number of hydrogen-bond acceptors (Lipinski definition) is 6. The molecule has 2 aromatic rings. The van der Waals surface area contributed by atoms with Crippen LogP contribution in [0.15, 0.2) is 36.4 Å². The van der Waals surface area contributed by atoms with Crippen LogP contribution in [-0.2, 0) is 4.12 Å². The average Bonchev–Trinajstić information content (AvgIpc) is 3.17. The Morgan fingerprint density at radius 3 is 1.74 bits per heavy atom. The topological polar surface area (TPSA) is 101 Å². The van der Waals surface area contributed by atoms with Crippen molar-refractivity contribution >= 4 is 46.0 Å². The first-order valence-corrected chi connectivity index (χ1v) is 17.7. The highest BCUT2D eigenvalue weighted by atomic mass is 28.4. The van der Waals surface area contributed by atoms with E-state index in [1.54, 1.807) is 0 Å². The van der Waals surface area contributed by atoms with Gasteiger partial charge in [-0.3, -0.25) is 33.8 Å². The highest BCUT2D eigenvalue weighted by Crippen LogP contribution is 2.29. The highest BCUT2D eigenvalue weighted by molar-refractivity contribution is 6.85. The second-order valence-corrected chi connectivity index (χ2v) is 19.1. The number of nitrogens with zero attached hydrogens (tertiary/aromatic N) is 2. The van der Waals surface area contributed by atoms with Crippen molar-refractivity contribution in [2.24, 2.45) is 0 Å². The maximum Gasteiger partial charge on any atom is 0.261 e. The van der Waals surface area contributed by atoms with E-state index in [4.69, 9.17) is 4.12 Å². The summed E-state index contributed by atoms with van der Waals surface area (Å²) in [5, 5.41) is 0. The summed E-state index contributed by atoms with van der Waals surface area (Å²) >= 11 is 0. The molecule has 0 aliphatic carbocycles. The number of fused-ring (bicyclic) bond motifs is 2. The quantitative estimate of drug-likeness (QED) is 0.321. The molecule has 35 heavy (non-hydrogen) atoms. The van der Waals surface area contributed by atoms with Crippen LogP contribution in [0.1, 0.15) is 64.3 Å². The number of ketones is 1. The fraction of sp³-hybridized carbons (Fsp3) is 0.320. The van der Waals surface area contributed by atoms with Crippen LogP contribution in [-0.4, -0.2) is 69.1 Å². The number of hydrogen-bond donors (Lipinski definition) is 0. The normalized spacial score (nSPS) is 15.7. The lowest BCUT2D eigenvalue weighted by Gasteiger charge is -2.35. The second-order valence-electron chi connectivity index (χ2n) is 10.2. The fourth-order valence-electron chi connectivity index (χ4n) is 4.48. The molecule has 0 atom stereocenters. The zero-order valence-electron chi connectivity index (χ0n) is 20.7. The van der Waals surface area contributed by atoms with E-state index >= 15 is 0 Å². The van der Waals surface area contributed by atoms with E-state index in [1.807, 2.05) is 13.1 Å². The number of carbonyl (C=O) groups is 5. The zero-order valence-corrected chi connectivity index (χ0v) is 22.7. The van der Waals surface area contributed by atoms with E-state index in [2.05, 4.69) is 20.0 Å². The SMILES string of the molecule is CC[Si](C)(C)O[Si](C)(C)CN1C(=O)c2ccc(C(=O)c3ccc4c(c3)C(=O)N(C)C4=O)cc2C1=O. The van der Waals surface area contributed by atoms with E-state index in [9.17, 15) is 24.0 Å². The Balaban J connectivity index is 1.60. The molecule has 182 valence electrons. The van der Waals surface area contributed by atoms with E-state index in [-0.39, 0.29) is 45.5 Å². The standard InChI is InChI=1S/C25H28N2O6Si2/c1-7-34(3,4)33-35(5,6)14-27-24(31)18-11-9-16(13-20(18)25(27)32)21(28)15-8-10-17-19(12-15)23(30)26(2)22(17)29/h8-13H,7,14H2,1-6H3. The van der Waals surface area contributed by atoms with Crippen LogP contribution in [0, 0.1) is 0 Å². The van der Waals surface area contributed by atoms with Crippen molar-refractivity contribution in [2.45, 2.75) is 39.2 Å². The average molecular weight is 509 g/mol. The minimum atomic E-state index is -2.35. The van der Waals surface area contributed by atoms with Crippen molar-refractivity contribution in [1.82, 2.24) is 9.80 Å². The summed E-state index contributed by atoms with van der Waals surface area (Å²) in [6, 6.07) is 9.73. The van der Waals surface area contributed by atoms with Crippen molar-refractivity contribution in [3.05, 3.63) is 69.8 Å². The molecular formula is C25H28N2O6Si2. The number of rotatable bonds is 7. The number of benzene rings is 2. The zero-order chi connectivity index (χ0) is 25.9. The van der Waals surface area contributed by atoms with Gasteiger partial charge >= 0.3 is 0 Å². The van der Waals surface area contributed by atoms with Crippen LogP contribution in [0.4, 0.5) is 0 Å². The maximum absolute atomic E-state index is 13.2. The molecule has 0 fully saturated rings. The second kappa shape index (κ2) is 8.47. The van der Waals surface area contributed by atoms with Gasteiger partial charge in [0.25, 0.3) is 23.6 Å². The van der Waals surface area contributed by atoms with Crippen LogP contribution < -0.4 is 0 Å². The van der Waals surface area contributed by atoms with Gasteiger partial charge in [0.05, 0.1) is 22.3 Å². The molecule has 2 aliphatic heterocycles. The van der Waals surface area contributed by atoms with Crippen molar-refractivity contribution in [3.8, 4) is 0 Å². The first-order valence-electron chi connectivity index (χ1n) is 11.5. The predicted molar refractivity (Wildman–Crippen MR) is 135 cm³/mol. The van der Waals surface area contributed by atoms with Crippen LogP contribution >= 0.6 is 0 Å². The predicted octanol–water partition coefficient (Wildman–Crippen LogP) is 3.73. The number of imide groups is 2. The molecule has 0 unspecified atom stereocenters. The summed E-state index contributed by atoms with van der Waals surface area (Å²) in [5.41, 5.74) is 1.33. The lowest BCUT2D eigenvalue weighted by Crippen LogP contribution is -2.52. The minimum absolute atomic E-state index is 0.174. The van der Waals surface area contributed by atoms with Gasteiger partial charge in [-0.15, -0.1) is 0 Å². The molecule has 0 aromatic heterocycles. The Kier molecular flexibility index (Phi) is 6.02. The van der Waals surface area contributed by atoms with Gasteiger partial charge < -0.3 is 4.12 Å². The van der Waals surface area contributed by atoms with Gasteiger partial charge in [0.2, 0.25) is 0 Å². The van der Waals surface area contributed by atoms with Gasteiger partial charge in [0.15, 0.2) is 22.4 Å². The van der Waals surface area contributed by atoms with Crippen molar-refractivity contribution in [3.63, 3.8) is 0 Å². The van der Waals surface area contributed by atoms with Crippen molar-refractivity contribution in [2.75, 3.05) is 13.2 Å². The fourth-order valence-corrected chi connectivity index (χ4v) is 12.3.